The van der Waals surface area contributed by atoms with E-state index in [-0.39, 0.29) is 25.3 Å². The standard InChI is InChI=1S/C17H24FNO5S/c1-17(2,3)23-16(20)19-10-9-15(14(18)11-19)24-25(21,22)12-13-7-5-4-6-8-13/h4-8,14-15H,9-12H2,1-3H3/t14-,15+/m1/s1. The Morgan fingerprint density at radius 1 is 1.28 bits per heavy atom. The highest BCUT2D eigenvalue weighted by Crippen LogP contribution is 2.22. The van der Waals surface area contributed by atoms with Crippen molar-refractivity contribution in [2.45, 2.75) is 50.8 Å². The van der Waals surface area contributed by atoms with Crippen molar-refractivity contribution in [2.75, 3.05) is 13.1 Å². The average Bonchev–Trinajstić information content (AvgIpc) is 2.48. The fourth-order valence-electron chi connectivity index (χ4n) is 2.48. The number of nitrogens with zero attached hydrogens (tertiary/aromatic N) is 1. The number of carbonyl (C=O) groups is 1. The number of ether oxygens (including phenoxy) is 1. The zero-order chi connectivity index (χ0) is 18.7. The van der Waals surface area contributed by atoms with Crippen LogP contribution in [0.2, 0.25) is 0 Å². The van der Waals surface area contributed by atoms with Crippen LogP contribution in [-0.2, 0) is 24.8 Å². The number of rotatable bonds is 4. The highest BCUT2D eigenvalue weighted by molar-refractivity contribution is 7.85. The maximum atomic E-state index is 14.3. The van der Waals surface area contributed by atoms with Gasteiger partial charge in [-0.2, -0.15) is 8.42 Å². The number of amides is 1. The molecule has 2 atom stereocenters. The number of alkyl halides is 1. The molecule has 1 heterocycles. The summed E-state index contributed by atoms with van der Waals surface area (Å²) >= 11 is 0. The van der Waals surface area contributed by atoms with Crippen molar-refractivity contribution in [2.24, 2.45) is 0 Å². The second-order valence-electron chi connectivity index (χ2n) is 7.05. The topological polar surface area (TPSA) is 72.9 Å². The van der Waals surface area contributed by atoms with E-state index >= 15 is 0 Å². The molecule has 6 nitrogen and oxygen atoms in total. The molecule has 0 bridgehead atoms. The van der Waals surface area contributed by atoms with Crippen LogP contribution in [0.1, 0.15) is 32.8 Å². The minimum atomic E-state index is -3.91. The summed E-state index contributed by atoms with van der Waals surface area (Å²) in [4.78, 5) is 13.2. The maximum Gasteiger partial charge on any atom is 0.410 e. The second kappa shape index (κ2) is 7.70. The van der Waals surface area contributed by atoms with Crippen molar-refractivity contribution in [3.8, 4) is 0 Å². The molecule has 0 aliphatic carbocycles. The third kappa shape index (κ3) is 6.28. The van der Waals surface area contributed by atoms with Crippen LogP contribution in [-0.4, -0.2) is 50.4 Å². The Morgan fingerprint density at radius 3 is 2.48 bits per heavy atom. The van der Waals surface area contributed by atoms with Gasteiger partial charge in [-0.15, -0.1) is 0 Å². The van der Waals surface area contributed by atoms with Crippen LogP contribution in [0.25, 0.3) is 0 Å². The molecular formula is C17H24FNO5S. The number of likely N-dealkylation sites (tertiary alicyclic amines) is 1. The van der Waals surface area contributed by atoms with Crippen molar-refractivity contribution < 1.29 is 26.5 Å². The Kier molecular flexibility index (Phi) is 6.05. The first kappa shape index (κ1) is 19.7. The summed E-state index contributed by atoms with van der Waals surface area (Å²) in [6, 6.07) is 8.56. The normalized spacial score (nSPS) is 21.8. The van der Waals surface area contributed by atoms with E-state index in [4.69, 9.17) is 8.92 Å². The van der Waals surface area contributed by atoms with Crippen LogP contribution in [0.15, 0.2) is 30.3 Å². The summed E-state index contributed by atoms with van der Waals surface area (Å²) in [7, 11) is -3.91. The first-order chi connectivity index (χ1) is 11.6. The van der Waals surface area contributed by atoms with Crippen molar-refractivity contribution in [1.82, 2.24) is 4.90 Å². The molecule has 0 saturated carbocycles. The summed E-state index contributed by atoms with van der Waals surface area (Å²) in [5, 5.41) is 0. The molecule has 2 rings (SSSR count). The molecule has 25 heavy (non-hydrogen) atoms. The molecule has 1 aliphatic rings. The third-order valence-corrected chi connectivity index (χ3v) is 4.82. The molecule has 0 N–H and O–H groups in total. The molecule has 1 aromatic carbocycles. The average molecular weight is 373 g/mol. The van der Waals surface area contributed by atoms with Gasteiger partial charge < -0.3 is 9.64 Å². The molecule has 0 unspecified atom stereocenters. The lowest BCUT2D eigenvalue weighted by molar-refractivity contribution is -0.00895. The van der Waals surface area contributed by atoms with Gasteiger partial charge in [0.2, 0.25) is 0 Å². The summed E-state index contributed by atoms with van der Waals surface area (Å²) < 4.78 is 48.8. The van der Waals surface area contributed by atoms with E-state index in [1.165, 1.54) is 4.90 Å². The molecule has 0 spiro atoms. The summed E-state index contributed by atoms with van der Waals surface area (Å²) in [5.41, 5.74) is -0.0981. The lowest BCUT2D eigenvalue weighted by Crippen LogP contribution is -2.50. The Hall–Kier alpha value is -1.67. The van der Waals surface area contributed by atoms with E-state index in [1.807, 2.05) is 0 Å². The fraction of sp³-hybridized carbons (Fsp3) is 0.588. The minimum Gasteiger partial charge on any atom is -0.444 e. The van der Waals surface area contributed by atoms with E-state index in [1.54, 1.807) is 51.1 Å². The van der Waals surface area contributed by atoms with Gasteiger partial charge in [-0.05, 0) is 32.8 Å². The van der Waals surface area contributed by atoms with Crippen molar-refractivity contribution in [1.29, 1.82) is 0 Å². The van der Waals surface area contributed by atoms with Crippen LogP contribution in [0.3, 0.4) is 0 Å². The number of benzene rings is 1. The van der Waals surface area contributed by atoms with Gasteiger partial charge in [-0.1, -0.05) is 30.3 Å². The zero-order valence-corrected chi connectivity index (χ0v) is 15.5. The molecule has 140 valence electrons. The summed E-state index contributed by atoms with van der Waals surface area (Å²) in [6.45, 7) is 5.11. The van der Waals surface area contributed by atoms with Gasteiger partial charge in [0.1, 0.15) is 23.6 Å². The van der Waals surface area contributed by atoms with Crippen molar-refractivity contribution >= 4 is 16.2 Å². The van der Waals surface area contributed by atoms with E-state index < -0.39 is 34.1 Å². The molecule has 1 fully saturated rings. The monoisotopic (exact) mass is 373 g/mol. The first-order valence-corrected chi connectivity index (χ1v) is 9.70. The predicted molar refractivity (Wildman–Crippen MR) is 91.3 cm³/mol. The minimum absolute atomic E-state index is 0.0917. The van der Waals surface area contributed by atoms with Gasteiger partial charge in [0.25, 0.3) is 10.1 Å². The van der Waals surface area contributed by atoms with E-state index in [9.17, 15) is 17.6 Å². The van der Waals surface area contributed by atoms with E-state index in [2.05, 4.69) is 0 Å². The molecule has 0 aromatic heterocycles. The molecule has 8 heteroatoms. The highest BCUT2D eigenvalue weighted by atomic mass is 32.2. The number of hydrogen-bond donors (Lipinski definition) is 0. The SMILES string of the molecule is CC(C)(C)OC(=O)N1CC[C@H](OS(=O)(=O)Cc2ccccc2)[C@H](F)C1. The first-order valence-electron chi connectivity index (χ1n) is 8.13. The van der Waals surface area contributed by atoms with Crippen LogP contribution in [0.4, 0.5) is 9.18 Å². The Bertz CT molecular complexity index is 687. The smallest absolute Gasteiger partial charge is 0.410 e. The summed E-state index contributed by atoms with van der Waals surface area (Å²) in [5.74, 6) is -0.313. The Balaban J connectivity index is 1.92. The van der Waals surface area contributed by atoms with Crippen LogP contribution in [0.5, 0.6) is 0 Å². The second-order valence-corrected chi connectivity index (χ2v) is 8.65. The van der Waals surface area contributed by atoms with Gasteiger partial charge in [0.15, 0.2) is 0 Å². The fourth-order valence-corrected chi connectivity index (χ4v) is 3.75. The number of piperidine rings is 1. The highest BCUT2D eigenvalue weighted by Gasteiger charge is 2.36. The van der Waals surface area contributed by atoms with Gasteiger partial charge in [-0.3, -0.25) is 4.18 Å². The zero-order valence-electron chi connectivity index (χ0n) is 14.6. The predicted octanol–water partition coefficient (Wildman–Crippen LogP) is 2.88. The number of hydrogen-bond acceptors (Lipinski definition) is 5. The van der Waals surface area contributed by atoms with E-state index in [0.717, 1.165) is 0 Å². The molecule has 1 saturated heterocycles. The number of halogens is 1. The molecule has 1 aromatic rings. The Morgan fingerprint density at radius 2 is 1.92 bits per heavy atom. The third-order valence-electron chi connectivity index (χ3n) is 3.59. The molecule has 1 amide bonds. The van der Waals surface area contributed by atoms with Crippen molar-refractivity contribution in [3.05, 3.63) is 35.9 Å². The van der Waals surface area contributed by atoms with Crippen molar-refractivity contribution in [3.63, 3.8) is 0 Å². The largest absolute Gasteiger partial charge is 0.444 e. The Labute approximate surface area is 148 Å². The van der Waals surface area contributed by atoms with Gasteiger partial charge in [-0.25, -0.2) is 9.18 Å². The summed E-state index contributed by atoms with van der Waals surface area (Å²) in [6.07, 6.45) is -3.20. The van der Waals surface area contributed by atoms with E-state index in [0.29, 0.717) is 5.56 Å². The lowest BCUT2D eigenvalue weighted by atomic mass is 10.1. The number of carbonyl (C=O) groups excluding carboxylic acids is 1. The van der Waals surface area contributed by atoms with Crippen LogP contribution >= 0.6 is 0 Å². The van der Waals surface area contributed by atoms with Crippen LogP contribution < -0.4 is 0 Å². The molecular weight excluding hydrogens is 349 g/mol. The van der Waals surface area contributed by atoms with Gasteiger partial charge >= 0.3 is 6.09 Å². The van der Waals surface area contributed by atoms with Gasteiger partial charge in [0.05, 0.1) is 6.54 Å². The van der Waals surface area contributed by atoms with Gasteiger partial charge in [0, 0.05) is 6.54 Å². The molecule has 1 aliphatic heterocycles. The quantitative estimate of drug-likeness (QED) is 0.759. The van der Waals surface area contributed by atoms with Crippen LogP contribution in [0, 0.1) is 0 Å². The molecule has 0 radical (unpaired) electrons. The lowest BCUT2D eigenvalue weighted by Gasteiger charge is -2.35. The maximum absolute atomic E-state index is 14.3.